The van der Waals surface area contributed by atoms with Gasteiger partial charge >= 0.3 is 0 Å². The van der Waals surface area contributed by atoms with Crippen LogP contribution in [-0.2, 0) is 4.79 Å². The third-order valence-electron chi connectivity index (χ3n) is 2.91. The van der Waals surface area contributed by atoms with Crippen LogP contribution < -0.4 is 5.32 Å². The Kier molecular flexibility index (Phi) is 5.28. The van der Waals surface area contributed by atoms with E-state index in [-0.39, 0.29) is 11.7 Å². The highest BCUT2D eigenvalue weighted by Gasteiger charge is 2.22. The molecule has 0 atom stereocenters. The lowest BCUT2D eigenvalue weighted by atomic mass is 9.95. The molecule has 1 rings (SSSR count). The second-order valence-electron chi connectivity index (χ2n) is 5.78. The molecular weight excluding hydrogens is 238 g/mol. The summed E-state index contributed by atoms with van der Waals surface area (Å²) in [5.74, 6) is 0.00917. The van der Waals surface area contributed by atoms with E-state index in [0.29, 0.717) is 17.7 Å². The molecule has 1 N–H and O–H groups in total. The fraction of sp³-hybridized carbons (Fsp3) is 0.500. The molecule has 0 aliphatic rings. The van der Waals surface area contributed by atoms with Crippen molar-refractivity contribution in [2.75, 3.05) is 5.32 Å². The maximum absolute atomic E-state index is 12.1. The Morgan fingerprint density at radius 1 is 1.16 bits per heavy atom. The zero-order valence-electron chi connectivity index (χ0n) is 12.2. The fourth-order valence-electron chi connectivity index (χ4n) is 1.62. The van der Waals surface area contributed by atoms with Gasteiger partial charge in [-0.1, -0.05) is 46.2 Å². The molecule has 3 heteroatoms. The van der Waals surface area contributed by atoms with E-state index in [1.807, 2.05) is 32.9 Å². The van der Waals surface area contributed by atoms with E-state index in [1.54, 1.807) is 12.1 Å². The molecular formula is C16H23NO2. The Hall–Kier alpha value is -1.64. The normalized spacial score (nSPS) is 11.2. The van der Waals surface area contributed by atoms with E-state index < -0.39 is 5.41 Å². The Morgan fingerprint density at radius 2 is 1.79 bits per heavy atom. The number of para-hydroxylation sites is 1. The molecule has 0 spiro atoms. The summed E-state index contributed by atoms with van der Waals surface area (Å²) in [6.07, 6.45) is 2.39. The van der Waals surface area contributed by atoms with Crippen LogP contribution in [0.15, 0.2) is 24.3 Å². The van der Waals surface area contributed by atoms with Crippen LogP contribution in [-0.4, -0.2) is 11.7 Å². The molecule has 0 unspecified atom stereocenters. The average molecular weight is 261 g/mol. The lowest BCUT2D eigenvalue weighted by Gasteiger charge is -2.19. The minimum Gasteiger partial charge on any atom is -0.325 e. The number of nitrogens with one attached hydrogen (secondary N) is 1. The van der Waals surface area contributed by atoms with Crippen LogP contribution >= 0.6 is 0 Å². The summed E-state index contributed by atoms with van der Waals surface area (Å²) in [6, 6.07) is 7.21. The fourth-order valence-corrected chi connectivity index (χ4v) is 1.62. The first-order valence-corrected chi connectivity index (χ1v) is 6.80. The number of unbranched alkanes of at least 4 members (excludes halogenated alkanes) is 1. The Morgan fingerprint density at radius 3 is 2.37 bits per heavy atom. The van der Waals surface area contributed by atoms with Gasteiger partial charge in [-0.3, -0.25) is 9.59 Å². The molecule has 1 amide bonds. The van der Waals surface area contributed by atoms with Crippen molar-refractivity contribution in [3.63, 3.8) is 0 Å². The van der Waals surface area contributed by atoms with E-state index in [1.165, 1.54) is 0 Å². The number of Topliss-reactive ketones (excluding diaryl/α,β-unsaturated/α-hetero) is 1. The molecule has 1 aromatic rings. The maximum Gasteiger partial charge on any atom is 0.229 e. The van der Waals surface area contributed by atoms with Crippen LogP contribution in [0.3, 0.4) is 0 Å². The molecule has 0 heterocycles. The van der Waals surface area contributed by atoms with Gasteiger partial charge in [0, 0.05) is 17.4 Å². The van der Waals surface area contributed by atoms with Crippen molar-refractivity contribution in [3.8, 4) is 0 Å². The van der Waals surface area contributed by atoms with Gasteiger partial charge in [0.15, 0.2) is 5.78 Å². The number of hydrogen-bond acceptors (Lipinski definition) is 2. The lowest BCUT2D eigenvalue weighted by Crippen LogP contribution is -2.28. The SMILES string of the molecule is CCCCC(=O)c1ccccc1NC(=O)C(C)(C)C. The summed E-state index contributed by atoms with van der Waals surface area (Å²) in [5, 5.41) is 2.85. The summed E-state index contributed by atoms with van der Waals surface area (Å²) in [5.41, 5.74) is 0.747. The highest BCUT2D eigenvalue weighted by atomic mass is 16.2. The van der Waals surface area contributed by atoms with Gasteiger partial charge in [0.05, 0.1) is 5.69 Å². The van der Waals surface area contributed by atoms with Crippen LogP contribution in [0, 0.1) is 5.41 Å². The Labute approximate surface area is 115 Å². The highest BCUT2D eigenvalue weighted by Crippen LogP contribution is 2.22. The van der Waals surface area contributed by atoms with Crippen molar-refractivity contribution in [1.82, 2.24) is 0 Å². The zero-order chi connectivity index (χ0) is 14.5. The second-order valence-corrected chi connectivity index (χ2v) is 5.78. The quantitative estimate of drug-likeness (QED) is 0.813. The third kappa shape index (κ3) is 4.51. The summed E-state index contributed by atoms with van der Waals surface area (Å²) >= 11 is 0. The minimum atomic E-state index is -0.473. The van der Waals surface area contributed by atoms with Gasteiger partial charge in [-0.25, -0.2) is 0 Å². The maximum atomic E-state index is 12.1. The van der Waals surface area contributed by atoms with Crippen molar-refractivity contribution < 1.29 is 9.59 Å². The van der Waals surface area contributed by atoms with Crippen LogP contribution in [0.4, 0.5) is 5.69 Å². The monoisotopic (exact) mass is 261 g/mol. The molecule has 0 aliphatic heterocycles. The first-order chi connectivity index (χ1) is 8.86. The lowest BCUT2D eigenvalue weighted by molar-refractivity contribution is -0.123. The average Bonchev–Trinajstić information content (AvgIpc) is 2.35. The summed E-state index contributed by atoms with van der Waals surface area (Å²) in [7, 11) is 0. The van der Waals surface area contributed by atoms with Crippen molar-refractivity contribution >= 4 is 17.4 Å². The first kappa shape index (κ1) is 15.4. The van der Waals surface area contributed by atoms with Crippen molar-refractivity contribution in [1.29, 1.82) is 0 Å². The molecule has 0 radical (unpaired) electrons. The summed E-state index contributed by atoms with van der Waals surface area (Å²) in [4.78, 5) is 24.1. The zero-order valence-corrected chi connectivity index (χ0v) is 12.2. The standard InChI is InChI=1S/C16H23NO2/c1-5-6-11-14(18)12-9-7-8-10-13(12)17-15(19)16(2,3)4/h7-10H,5-6,11H2,1-4H3,(H,17,19). The number of benzene rings is 1. The molecule has 0 fully saturated rings. The van der Waals surface area contributed by atoms with E-state index in [0.717, 1.165) is 12.8 Å². The van der Waals surface area contributed by atoms with E-state index >= 15 is 0 Å². The number of rotatable bonds is 5. The number of carbonyl (C=O) groups is 2. The second kappa shape index (κ2) is 6.50. The third-order valence-corrected chi connectivity index (χ3v) is 2.91. The van der Waals surface area contributed by atoms with Crippen LogP contribution in [0.2, 0.25) is 0 Å². The molecule has 0 aliphatic carbocycles. The van der Waals surface area contributed by atoms with E-state index in [2.05, 4.69) is 12.2 Å². The largest absolute Gasteiger partial charge is 0.325 e. The van der Waals surface area contributed by atoms with Gasteiger partial charge in [-0.2, -0.15) is 0 Å². The molecule has 3 nitrogen and oxygen atoms in total. The number of ketones is 1. The van der Waals surface area contributed by atoms with Gasteiger partial charge < -0.3 is 5.32 Å². The van der Waals surface area contributed by atoms with Gasteiger partial charge in [0.25, 0.3) is 0 Å². The molecule has 0 aromatic heterocycles. The van der Waals surface area contributed by atoms with Crippen LogP contribution in [0.5, 0.6) is 0 Å². The van der Waals surface area contributed by atoms with Gasteiger partial charge in [-0.15, -0.1) is 0 Å². The predicted octanol–water partition coefficient (Wildman–Crippen LogP) is 4.04. The molecule has 0 saturated heterocycles. The molecule has 0 saturated carbocycles. The van der Waals surface area contributed by atoms with E-state index in [9.17, 15) is 9.59 Å². The van der Waals surface area contributed by atoms with Gasteiger partial charge in [-0.05, 0) is 18.6 Å². The van der Waals surface area contributed by atoms with Crippen LogP contribution in [0.25, 0.3) is 0 Å². The Bertz CT molecular complexity index is 458. The van der Waals surface area contributed by atoms with Crippen molar-refractivity contribution in [2.24, 2.45) is 5.41 Å². The minimum absolute atomic E-state index is 0.0803. The van der Waals surface area contributed by atoms with Gasteiger partial charge in [0.2, 0.25) is 5.91 Å². The van der Waals surface area contributed by atoms with Gasteiger partial charge in [0.1, 0.15) is 0 Å². The highest BCUT2D eigenvalue weighted by molar-refractivity contribution is 6.05. The molecule has 0 bridgehead atoms. The number of hydrogen-bond donors (Lipinski definition) is 1. The predicted molar refractivity (Wildman–Crippen MR) is 78.4 cm³/mol. The van der Waals surface area contributed by atoms with Crippen LogP contribution in [0.1, 0.15) is 57.3 Å². The van der Waals surface area contributed by atoms with E-state index in [4.69, 9.17) is 0 Å². The molecule has 104 valence electrons. The summed E-state index contributed by atoms with van der Waals surface area (Å²) < 4.78 is 0. The van der Waals surface area contributed by atoms with Crippen molar-refractivity contribution in [2.45, 2.75) is 47.0 Å². The number of anilines is 1. The van der Waals surface area contributed by atoms with Crippen molar-refractivity contribution in [3.05, 3.63) is 29.8 Å². The molecule has 19 heavy (non-hydrogen) atoms. The smallest absolute Gasteiger partial charge is 0.229 e. The first-order valence-electron chi connectivity index (χ1n) is 6.80. The summed E-state index contributed by atoms with van der Waals surface area (Å²) in [6.45, 7) is 7.61. The molecule has 1 aromatic carbocycles. The number of amides is 1. The Balaban J connectivity index is 2.90. The number of carbonyl (C=O) groups excluding carboxylic acids is 2. The topological polar surface area (TPSA) is 46.2 Å².